The van der Waals surface area contributed by atoms with Gasteiger partial charge >= 0.3 is 0 Å². The Hall–Kier alpha value is -2.59. The summed E-state index contributed by atoms with van der Waals surface area (Å²) in [5.74, 6) is -0.499. The first-order valence-corrected chi connectivity index (χ1v) is 17.1. The summed E-state index contributed by atoms with van der Waals surface area (Å²) >= 11 is 15.9. The van der Waals surface area contributed by atoms with Gasteiger partial charge in [-0.2, -0.15) is 0 Å². The fraction of sp³-hybridized carbons (Fsp3) is 0.355. The van der Waals surface area contributed by atoms with Gasteiger partial charge in [-0.15, -0.1) is 0 Å². The van der Waals surface area contributed by atoms with Crippen molar-refractivity contribution in [2.75, 3.05) is 17.1 Å². The number of nitrogens with zero attached hydrogens (tertiary/aromatic N) is 2. The van der Waals surface area contributed by atoms with Crippen LogP contribution in [0.2, 0.25) is 10.0 Å². The summed E-state index contributed by atoms with van der Waals surface area (Å²) in [6, 6.07) is 20.9. The monoisotopic (exact) mass is 695 g/mol. The Morgan fingerprint density at radius 3 is 2.31 bits per heavy atom. The maximum absolute atomic E-state index is 13.9. The van der Waals surface area contributed by atoms with E-state index in [0.29, 0.717) is 11.4 Å². The van der Waals surface area contributed by atoms with E-state index in [9.17, 15) is 18.0 Å². The highest BCUT2D eigenvalue weighted by Crippen LogP contribution is 2.31. The maximum Gasteiger partial charge on any atom is 0.243 e. The first-order chi connectivity index (χ1) is 19.9. The SMILES string of the molecule is CCC(C)NC(=O)C(Cc1ccccc1)N(Cc1cccc(Br)c1)C(=O)CCCN(c1cc(Cl)ccc1Cl)S(C)(=O)=O. The first kappa shape index (κ1) is 33.9. The second-order valence-corrected chi connectivity index (χ2v) is 13.9. The van der Waals surface area contributed by atoms with Crippen LogP contribution < -0.4 is 9.62 Å². The third kappa shape index (κ3) is 10.0. The molecule has 0 aliphatic heterocycles. The first-order valence-electron chi connectivity index (χ1n) is 13.7. The lowest BCUT2D eigenvalue weighted by Crippen LogP contribution is -2.52. The summed E-state index contributed by atoms with van der Waals surface area (Å²) in [7, 11) is -3.72. The molecule has 11 heteroatoms. The van der Waals surface area contributed by atoms with E-state index in [1.807, 2.05) is 68.4 Å². The van der Waals surface area contributed by atoms with Crippen molar-refractivity contribution < 1.29 is 18.0 Å². The quantitative estimate of drug-likeness (QED) is 0.200. The number of benzene rings is 3. The molecular weight excluding hydrogens is 661 g/mol. The van der Waals surface area contributed by atoms with Gasteiger partial charge in [-0.3, -0.25) is 13.9 Å². The standard InChI is InChI=1S/C31H36BrCl2N3O4S/c1-4-22(2)35-31(39)29(19-23-10-6-5-7-11-23)36(21-24-12-8-13-25(32)18-24)30(38)14-9-17-37(42(3,40)41)28-20-26(33)15-16-27(28)34/h5-8,10-13,15-16,18,20,22,29H,4,9,14,17,19,21H2,1-3H3,(H,35,39). The second kappa shape index (κ2) is 15.8. The molecule has 7 nitrogen and oxygen atoms in total. The van der Waals surface area contributed by atoms with Crippen LogP contribution in [0.25, 0.3) is 0 Å². The van der Waals surface area contributed by atoms with Crippen LogP contribution >= 0.6 is 39.1 Å². The molecule has 0 heterocycles. The van der Waals surface area contributed by atoms with E-state index in [4.69, 9.17) is 23.2 Å². The van der Waals surface area contributed by atoms with Gasteiger partial charge < -0.3 is 10.2 Å². The van der Waals surface area contributed by atoms with E-state index in [0.717, 1.165) is 32.6 Å². The summed E-state index contributed by atoms with van der Waals surface area (Å²) in [5.41, 5.74) is 2.03. The Morgan fingerprint density at radius 2 is 1.67 bits per heavy atom. The molecular formula is C31H36BrCl2N3O4S. The largest absolute Gasteiger partial charge is 0.352 e. The summed E-state index contributed by atoms with van der Waals surface area (Å²) in [5, 5.41) is 3.63. The molecule has 0 aromatic heterocycles. The maximum atomic E-state index is 13.9. The van der Waals surface area contributed by atoms with E-state index in [1.54, 1.807) is 11.0 Å². The number of hydrogen-bond acceptors (Lipinski definition) is 4. The van der Waals surface area contributed by atoms with E-state index in [-0.39, 0.29) is 54.5 Å². The van der Waals surface area contributed by atoms with Crippen molar-refractivity contribution in [3.05, 3.63) is 98.4 Å². The predicted molar refractivity (Wildman–Crippen MR) is 174 cm³/mol. The average molecular weight is 698 g/mol. The van der Waals surface area contributed by atoms with Gasteiger partial charge in [-0.05, 0) is 61.2 Å². The minimum Gasteiger partial charge on any atom is -0.352 e. The van der Waals surface area contributed by atoms with Crippen LogP contribution in [0.4, 0.5) is 5.69 Å². The van der Waals surface area contributed by atoms with Crippen molar-refractivity contribution in [1.29, 1.82) is 0 Å². The smallest absolute Gasteiger partial charge is 0.243 e. The molecule has 0 aliphatic rings. The Morgan fingerprint density at radius 1 is 0.976 bits per heavy atom. The number of amides is 2. The molecule has 0 aliphatic carbocycles. The zero-order chi connectivity index (χ0) is 30.9. The number of hydrogen-bond donors (Lipinski definition) is 1. The molecule has 0 bridgehead atoms. The Balaban J connectivity index is 1.91. The van der Waals surface area contributed by atoms with Crippen LogP contribution in [0.5, 0.6) is 0 Å². The van der Waals surface area contributed by atoms with Crippen LogP contribution in [-0.4, -0.2) is 50.0 Å². The van der Waals surface area contributed by atoms with Crippen molar-refractivity contribution >= 4 is 66.7 Å². The zero-order valence-corrected chi connectivity index (χ0v) is 27.8. The molecule has 3 aromatic rings. The minimum atomic E-state index is -3.72. The summed E-state index contributed by atoms with van der Waals surface area (Å²) in [4.78, 5) is 29.2. The molecule has 0 fully saturated rings. The number of sulfonamides is 1. The van der Waals surface area contributed by atoms with Crippen LogP contribution in [0, 0.1) is 0 Å². The number of anilines is 1. The number of rotatable bonds is 14. The molecule has 2 unspecified atom stereocenters. The van der Waals surface area contributed by atoms with Gasteiger partial charge in [0.05, 0.1) is 17.0 Å². The Kier molecular flexibility index (Phi) is 12.7. The van der Waals surface area contributed by atoms with Crippen molar-refractivity contribution in [1.82, 2.24) is 10.2 Å². The van der Waals surface area contributed by atoms with Gasteiger partial charge in [0.25, 0.3) is 0 Å². The molecule has 0 saturated heterocycles. The van der Waals surface area contributed by atoms with Crippen LogP contribution in [0.15, 0.2) is 77.3 Å². The van der Waals surface area contributed by atoms with Crippen LogP contribution in [0.3, 0.4) is 0 Å². The van der Waals surface area contributed by atoms with Crippen LogP contribution in [-0.2, 0) is 32.6 Å². The van der Waals surface area contributed by atoms with Gasteiger partial charge in [0, 0.05) is 41.5 Å². The van der Waals surface area contributed by atoms with Crippen molar-refractivity contribution in [2.24, 2.45) is 0 Å². The molecule has 2 atom stereocenters. The van der Waals surface area contributed by atoms with E-state index in [1.165, 1.54) is 12.1 Å². The molecule has 3 aromatic carbocycles. The molecule has 2 amide bonds. The second-order valence-electron chi connectivity index (χ2n) is 10.2. The molecule has 42 heavy (non-hydrogen) atoms. The Bertz CT molecular complexity index is 1470. The average Bonchev–Trinajstić information content (AvgIpc) is 2.94. The minimum absolute atomic E-state index is 0.0117. The fourth-order valence-corrected chi connectivity index (χ4v) is 6.34. The van der Waals surface area contributed by atoms with E-state index in [2.05, 4.69) is 21.2 Å². The number of nitrogens with one attached hydrogen (secondary N) is 1. The van der Waals surface area contributed by atoms with Crippen molar-refractivity contribution in [2.45, 2.75) is 58.2 Å². The van der Waals surface area contributed by atoms with Gasteiger partial charge in [0.15, 0.2) is 0 Å². The molecule has 1 N–H and O–H groups in total. The number of halogens is 3. The molecule has 0 radical (unpaired) electrons. The van der Waals surface area contributed by atoms with E-state index < -0.39 is 16.1 Å². The molecule has 0 saturated carbocycles. The van der Waals surface area contributed by atoms with Crippen molar-refractivity contribution in [3.63, 3.8) is 0 Å². The lowest BCUT2D eigenvalue weighted by molar-refractivity contribution is -0.141. The zero-order valence-electron chi connectivity index (χ0n) is 23.9. The predicted octanol–water partition coefficient (Wildman–Crippen LogP) is 6.86. The highest BCUT2D eigenvalue weighted by atomic mass is 79.9. The lowest BCUT2D eigenvalue weighted by Gasteiger charge is -2.33. The van der Waals surface area contributed by atoms with Gasteiger partial charge in [0.2, 0.25) is 21.8 Å². The summed E-state index contributed by atoms with van der Waals surface area (Å²) < 4.78 is 27.4. The highest BCUT2D eigenvalue weighted by Gasteiger charge is 2.31. The number of carbonyl (C=O) groups is 2. The third-order valence-electron chi connectivity index (χ3n) is 6.84. The van der Waals surface area contributed by atoms with Gasteiger partial charge in [0.1, 0.15) is 6.04 Å². The summed E-state index contributed by atoms with van der Waals surface area (Å²) in [6.07, 6.45) is 2.38. The van der Waals surface area contributed by atoms with E-state index >= 15 is 0 Å². The van der Waals surface area contributed by atoms with Gasteiger partial charge in [-0.25, -0.2) is 8.42 Å². The number of carbonyl (C=O) groups excluding carboxylic acids is 2. The topological polar surface area (TPSA) is 86.8 Å². The fourth-order valence-electron chi connectivity index (χ4n) is 4.49. The lowest BCUT2D eigenvalue weighted by atomic mass is 10.0. The molecule has 226 valence electrons. The normalized spacial score (nSPS) is 12.8. The van der Waals surface area contributed by atoms with Crippen LogP contribution in [0.1, 0.15) is 44.2 Å². The molecule has 0 spiro atoms. The Labute approximate surface area is 267 Å². The summed E-state index contributed by atoms with van der Waals surface area (Å²) in [6.45, 7) is 4.14. The molecule has 3 rings (SSSR count). The van der Waals surface area contributed by atoms with Gasteiger partial charge in [-0.1, -0.05) is 88.5 Å². The third-order valence-corrected chi connectivity index (χ3v) is 9.07. The van der Waals surface area contributed by atoms with Crippen molar-refractivity contribution in [3.8, 4) is 0 Å². The highest BCUT2D eigenvalue weighted by molar-refractivity contribution is 9.10.